The number of aromatic amines is 1. The molecule has 0 bridgehead atoms. The van der Waals surface area contributed by atoms with Crippen LogP contribution in [0.25, 0.3) is 0 Å². The van der Waals surface area contributed by atoms with Crippen LogP contribution in [-0.2, 0) is 4.79 Å². The fraction of sp³-hybridized carbons (Fsp3) is 0.333. The zero-order chi connectivity index (χ0) is 11.2. The summed E-state index contributed by atoms with van der Waals surface area (Å²) in [5, 5.41) is 11.6. The number of thioether (sulfide) groups is 1. The Kier molecular flexibility index (Phi) is 2.04. The molecule has 15 heavy (non-hydrogen) atoms. The predicted octanol–water partition coefficient (Wildman–Crippen LogP) is 1.54. The Bertz CT molecular complexity index is 450. The van der Waals surface area contributed by atoms with Crippen LogP contribution in [0.2, 0.25) is 0 Å². The molecule has 0 aromatic carbocycles. The summed E-state index contributed by atoms with van der Waals surface area (Å²) in [6.07, 6.45) is 1.50. The molecule has 1 aliphatic heterocycles. The number of fused-ring (bicyclic) bond motifs is 1. The maximum absolute atomic E-state index is 11.6. The second kappa shape index (κ2) is 3.03. The number of carbonyl (C=O) groups excluding carboxylic acids is 1. The van der Waals surface area contributed by atoms with E-state index in [0.717, 1.165) is 0 Å². The molecule has 3 N–H and O–H groups in total. The summed E-state index contributed by atoms with van der Waals surface area (Å²) in [6, 6.07) is 0. The minimum Gasteiger partial charge on any atom is -0.477 e. The van der Waals surface area contributed by atoms with E-state index in [9.17, 15) is 9.59 Å². The van der Waals surface area contributed by atoms with Crippen molar-refractivity contribution >= 4 is 29.3 Å². The standard InChI is InChI=1S/C9H10N2O3S/c1-9(2)8(14)11-4-3-10-5(7(12)13)6(4)15-9/h3,10H,1-2H3,(H,11,14)(H,12,13). The lowest BCUT2D eigenvalue weighted by molar-refractivity contribution is -0.117. The van der Waals surface area contributed by atoms with Gasteiger partial charge in [0.1, 0.15) is 5.69 Å². The number of amides is 1. The number of carboxylic acid groups (broad SMARTS) is 1. The van der Waals surface area contributed by atoms with Crippen molar-refractivity contribution in [1.29, 1.82) is 0 Å². The second-order valence-corrected chi connectivity index (χ2v) is 5.41. The summed E-state index contributed by atoms with van der Waals surface area (Å²) in [7, 11) is 0. The molecule has 2 rings (SSSR count). The fourth-order valence-electron chi connectivity index (χ4n) is 1.34. The molecule has 0 saturated heterocycles. The molecule has 1 aliphatic rings. The summed E-state index contributed by atoms with van der Waals surface area (Å²) in [4.78, 5) is 25.7. The molecule has 0 unspecified atom stereocenters. The van der Waals surface area contributed by atoms with Crippen LogP contribution in [0.4, 0.5) is 5.69 Å². The van der Waals surface area contributed by atoms with Crippen molar-refractivity contribution in [2.24, 2.45) is 0 Å². The fourth-order valence-corrected chi connectivity index (χ4v) is 2.46. The molecule has 1 amide bonds. The van der Waals surface area contributed by atoms with Crippen molar-refractivity contribution in [3.05, 3.63) is 11.9 Å². The number of carboxylic acids is 1. The van der Waals surface area contributed by atoms with Gasteiger partial charge in [-0.15, -0.1) is 11.8 Å². The Morgan fingerprint density at radius 1 is 1.53 bits per heavy atom. The lowest BCUT2D eigenvalue weighted by atomic mass is 10.2. The zero-order valence-electron chi connectivity index (χ0n) is 8.25. The Morgan fingerprint density at radius 3 is 2.80 bits per heavy atom. The summed E-state index contributed by atoms with van der Waals surface area (Å²) in [6.45, 7) is 3.52. The van der Waals surface area contributed by atoms with E-state index in [4.69, 9.17) is 5.11 Å². The first kappa shape index (κ1) is 10.1. The van der Waals surface area contributed by atoms with E-state index < -0.39 is 10.7 Å². The number of hydrogen-bond acceptors (Lipinski definition) is 3. The topological polar surface area (TPSA) is 82.2 Å². The van der Waals surface area contributed by atoms with Gasteiger partial charge in [-0.1, -0.05) is 0 Å². The molecule has 0 saturated carbocycles. The maximum Gasteiger partial charge on any atom is 0.353 e. The van der Waals surface area contributed by atoms with Gasteiger partial charge in [0.15, 0.2) is 0 Å². The Morgan fingerprint density at radius 2 is 2.20 bits per heavy atom. The second-order valence-electron chi connectivity index (χ2n) is 3.78. The van der Waals surface area contributed by atoms with Gasteiger partial charge >= 0.3 is 5.97 Å². The number of hydrogen-bond donors (Lipinski definition) is 3. The third-order valence-corrected chi connectivity index (χ3v) is 3.52. The van der Waals surface area contributed by atoms with Crippen LogP contribution in [0.5, 0.6) is 0 Å². The lowest BCUT2D eigenvalue weighted by Crippen LogP contribution is -2.36. The van der Waals surface area contributed by atoms with Crippen LogP contribution in [0, 0.1) is 0 Å². The van der Waals surface area contributed by atoms with Gasteiger partial charge in [0, 0.05) is 6.20 Å². The minimum absolute atomic E-state index is 0.115. The molecule has 5 nitrogen and oxygen atoms in total. The third-order valence-electron chi connectivity index (χ3n) is 2.20. The van der Waals surface area contributed by atoms with Crippen LogP contribution in [0.1, 0.15) is 24.3 Å². The van der Waals surface area contributed by atoms with Crippen LogP contribution in [0.15, 0.2) is 11.1 Å². The van der Waals surface area contributed by atoms with Gasteiger partial charge in [-0.3, -0.25) is 4.79 Å². The van der Waals surface area contributed by atoms with Gasteiger partial charge in [0.2, 0.25) is 5.91 Å². The summed E-state index contributed by atoms with van der Waals surface area (Å²) < 4.78 is -0.639. The van der Waals surface area contributed by atoms with Crippen molar-refractivity contribution in [3.63, 3.8) is 0 Å². The molecule has 2 heterocycles. The highest BCUT2D eigenvalue weighted by molar-refractivity contribution is 8.01. The summed E-state index contributed by atoms with van der Waals surface area (Å²) in [5.41, 5.74) is 0.671. The first-order valence-corrected chi connectivity index (χ1v) is 5.18. The van der Waals surface area contributed by atoms with Crippen molar-refractivity contribution in [1.82, 2.24) is 4.98 Å². The quantitative estimate of drug-likeness (QED) is 0.678. The molecule has 0 spiro atoms. The monoisotopic (exact) mass is 226 g/mol. The molecule has 0 radical (unpaired) electrons. The smallest absolute Gasteiger partial charge is 0.353 e. The normalized spacial score (nSPS) is 18.1. The molecular weight excluding hydrogens is 216 g/mol. The first-order chi connectivity index (χ1) is 6.92. The SMILES string of the molecule is CC1(C)Sc2c(c[nH]c2C(=O)O)NC1=O. The molecule has 6 heteroatoms. The Hall–Kier alpha value is -1.43. The van der Waals surface area contributed by atoms with Crippen LogP contribution in [0.3, 0.4) is 0 Å². The number of carbonyl (C=O) groups is 2. The third kappa shape index (κ3) is 1.50. The van der Waals surface area contributed by atoms with Crippen molar-refractivity contribution < 1.29 is 14.7 Å². The molecule has 0 aliphatic carbocycles. The van der Waals surface area contributed by atoms with Gasteiger partial charge in [-0.25, -0.2) is 4.79 Å². The van der Waals surface area contributed by atoms with Crippen molar-refractivity contribution in [2.45, 2.75) is 23.5 Å². The highest BCUT2D eigenvalue weighted by atomic mass is 32.2. The molecular formula is C9H10N2O3S. The van der Waals surface area contributed by atoms with E-state index in [1.165, 1.54) is 18.0 Å². The summed E-state index contributed by atoms with van der Waals surface area (Å²) in [5.74, 6) is -1.13. The van der Waals surface area contributed by atoms with E-state index in [1.54, 1.807) is 13.8 Å². The highest BCUT2D eigenvalue weighted by Gasteiger charge is 2.37. The van der Waals surface area contributed by atoms with Crippen LogP contribution < -0.4 is 5.32 Å². The van der Waals surface area contributed by atoms with E-state index in [0.29, 0.717) is 10.6 Å². The van der Waals surface area contributed by atoms with E-state index in [-0.39, 0.29) is 11.6 Å². The number of aromatic nitrogens is 1. The summed E-state index contributed by atoms with van der Waals surface area (Å²) >= 11 is 1.26. The van der Waals surface area contributed by atoms with Gasteiger partial charge in [-0.05, 0) is 13.8 Å². The molecule has 0 atom stereocenters. The minimum atomic E-state index is -1.02. The number of rotatable bonds is 1. The largest absolute Gasteiger partial charge is 0.477 e. The highest BCUT2D eigenvalue weighted by Crippen LogP contribution is 2.43. The Balaban J connectivity index is 2.49. The molecule has 1 aromatic rings. The van der Waals surface area contributed by atoms with Crippen LogP contribution in [-0.4, -0.2) is 26.7 Å². The maximum atomic E-state index is 11.6. The van der Waals surface area contributed by atoms with Crippen molar-refractivity contribution in [2.75, 3.05) is 5.32 Å². The van der Waals surface area contributed by atoms with Gasteiger partial charge in [0.25, 0.3) is 0 Å². The average Bonchev–Trinajstić information content (AvgIpc) is 2.47. The van der Waals surface area contributed by atoms with E-state index in [1.807, 2.05) is 0 Å². The predicted molar refractivity (Wildman–Crippen MR) is 56.3 cm³/mol. The van der Waals surface area contributed by atoms with Gasteiger partial charge in [-0.2, -0.15) is 0 Å². The van der Waals surface area contributed by atoms with E-state index in [2.05, 4.69) is 10.3 Å². The van der Waals surface area contributed by atoms with E-state index >= 15 is 0 Å². The number of nitrogens with one attached hydrogen (secondary N) is 2. The lowest BCUT2D eigenvalue weighted by Gasteiger charge is -2.27. The number of anilines is 1. The van der Waals surface area contributed by atoms with Gasteiger partial charge < -0.3 is 15.4 Å². The number of H-pyrrole nitrogens is 1. The molecule has 1 aromatic heterocycles. The van der Waals surface area contributed by atoms with Gasteiger partial charge in [0.05, 0.1) is 15.3 Å². The number of aromatic carboxylic acids is 1. The molecule has 0 fully saturated rings. The molecule has 80 valence electrons. The Labute approximate surface area is 90.2 Å². The zero-order valence-corrected chi connectivity index (χ0v) is 9.07. The first-order valence-electron chi connectivity index (χ1n) is 4.37. The average molecular weight is 226 g/mol. The van der Waals surface area contributed by atoms with Crippen LogP contribution >= 0.6 is 11.8 Å². The van der Waals surface area contributed by atoms with Crippen molar-refractivity contribution in [3.8, 4) is 0 Å².